The maximum Gasteiger partial charge on any atom is 0.416 e. The highest BCUT2D eigenvalue weighted by atomic mass is 32.2. The van der Waals surface area contributed by atoms with E-state index >= 15 is 0 Å². The van der Waals surface area contributed by atoms with E-state index in [-0.39, 0.29) is 35.6 Å². The first kappa shape index (κ1) is 32.3. The molecule has 3 aromatic rings. The standard InChI is InChI=1S/C29H36F3N5O5S/c1-19-13-37(20(2)17-38)28(39)12-22-11-24(34-43(40,41)27-16-36(4)18-33-27)9-10-25(22)42-26(19)15-35(3)14-21-5-7-23(8-6-21)29(30,31)32/h5-11,16,18-20,26,34,38H,12-15,17H2,1-4H3/t19-,20+,26+/m1/s1. The largest absolute Gasteiger partial charge is 0.488 e. The number of sulfonamides is 1. The van der Waals surface area contributed by atoms with Gasteiger partial charge in [-0.2, -0.15) is 21.6 Å². The molecule has 1 aliphatic heterocycles. The van der Waals surface area contributed by atoms with Gasteiger partial charge in [0.2, 0.25) is 5.91 Å². The zero-order valence-corrected chi connectivity index (χ0v) is 25.2. The molecule has 234 valence electrons. The number of benzene rings is 2. The number of likely N-dealkylation sites (N-methyl/N-ethyl adjacent to an activating group) is 1. The lowest BCUT2D eigenvalue weighted by molar-refractivity contribution is -0.137. The van der Waals surface area contributed by atoms with Crippen LogP contribution in [0.25, 0.3) is 0 Å². The number of anilines is 1. The predicted molar refractivity (Wildman–Crippen MR) is 154 cm³/mol. The Labute approximate surface area is 249 Å². The number of fused-ring (bicyclic) bond motifs is 1. The number of rotatable bonds is 9. The van der Waals surface area contributed by atoms with Gasteiger partial charge in [0.25, 0.3) is 10.0 Å². The van der Waals surface area contributed by atoms with Crippen molar-refractivity contribution in [1.29, 1.82) is 0 Å². The van der Waals surface area contributed by atoms with E-state index in [0.717, 1.165) is 12.1 Å². The maximum atomic E-state index is 13.4. The third-order valence-electron chi connectivity index (χ3n) is 7.35. The van der Waals surface area contributed by atoms with Crippen LogP contribution in [0, 0.1) is 5.92 Å². The van der Waals surface area contributed by atoms with Crippen LogP contribution in [0.4, 0.5) is 18.9 Å². The average Bonchev–Trinajstić information content (AvgIpc) is 3.39. The summed E-state index contributed by atoms with van der Waals surface area (Å²) in [6.45, 7) is 4.47. The van der Waals surface area contributed by atoms with E-state index in [2.05, 4.69) is 9.71 Å². The number of hydrogen-bond donors (Lipinski definition) is 2. The SMILES string of the molecule is C[C@@H]1CN([C@@H](C)CO)C(=O)Cc2cc(NS(=O)(=O)c3cn(C)cn3)ccc2O[C@H]1CN(C)Cc1ccc(C(F)(F)F)cc1. The number of aliphatic hydroxyl groups excluding tert-OH is 1. The molecule has 10 nitrogen and oxygen atoms in total. The van der Waals surface area contributed by atoms with Crippen molar-refractivity contribution in [1.82, 2.24) is 19.4 Å². The van der Waals surface area contributed by atoms with Crippen LogP contribution >= 0.6 is 0 Å². The molecule has 2 heterocycles. The number of nitrogens with zero attached hydrogens (tertiary/aromatic N) is 4. The second-order valence-electron chi connectivity index (χ2n) is 11.1. The highest BCUT2D eigenvalue weighted by Crippen LogP contribution is 2.31. The molecular formula is C29H36F3N5O5S. The van der Waals surface area contributed by atoms with Crippen LogP contribution in [0.1, 0.15) is 30.5 Å². The summed E-state index contributed by atoms with van der Waals surface area (Å²) in [5, 5.41) is 9.70. The lowest BCUT2D eigenvalue weighted by Crippen LogP contribution is -2.47. The number of carbonyl (C=O) groups excluding carboxylic acids is 1. The molecule has 0 unspecified atom stereocenters. The highest BCUT2D eigenvalue weighted by molar-refractivity contribution is 7.92. The number of aliphatic hydroxyl groups is 1. The van der Waals surface area contributed by atoms with E-state index < -0.39 is 33.9 Å². The second-order valence-corrected chi connectivity index (χ2v) is 12.7. The Morgan fingerprint density at radius 2 is 1.91 bits per heavy atom. The van der Waals surface area contributed by atoms with Crippen molar-refractivity contribution in [2.45, 2.75) is 50.2 Å². The Bertz CT molecular complexity index is 1530. The molecule has 1 aliphatic rings. The fourth-order valence-electron chi connectivity index (χ4n) is 4.93. The Balaban J connectivity index is 1.59. The van der Waals surface area contributed by atoms with Gasteiger partial charge in [-0.15, -0.1) is 0 Å². The zero-order valence-electron chi connectivity index (χ0n) is 24.4. The number of aryl methyl sites for hydroxylation is 1. The normalized spacial score (nSPS) is 18.8. The summed E-state index contributed by atoms with van der Waals surface area (Å²) in [7, 11) is -0.498. The van der Waals surface area contributed by atoms with Gasteiger partial charge in [0.15, 0.2) is 5.03 Å². The van der Waals surface area contributed by atoms with Crippen LogP contribution in [0.15, 0.2) is 60.0 Å². The minimum atomic E-state index is -4.41. The summed E-state index contributed by atoms with van der Waals surface area (Å²) in [5.41, 5.74) is 0.673. The molecule has 0 saturated carbocycles. The maximum absolute atomic E-state index is 13.4. The second kappa shape index (κ2) is 12.9. The molecule has 2 aromatic carbocycles. The van der Waals surface area contributed by atoms with Crippen molar-refractivity contribution in [3.8, 4) is 5.75 Å². The summed E-state index contributed by atoms with van der Waals surface area (Å²) < 4.78 is 75.1. The van der Waals surface area contributed by atoms with E-state index in [0.29, 0.717) is 36.5 Å². The van der Waals surface area contributed by atoms with E-state index in [1.165, 1.54) is 29.2 Å². The van der Waals surface area contributed by atoms with Crippen LogP contribution in [-0.2, 0) is 41.0 Å². The number of ether oxygens (including phenoxy) is 1. The van der Waals surface area contributed by atoms with Gasteiger partial charge in [-0.05, 0) is 49.9 Å². The monoisotopic (exact) mass is 623 g/mol. The number of alkyl halides is 3. The predicted octanol–water partition coefficient (Wildman–Crippen LogP) is 3.52. The van der Waals surface area contributed by atoms with Crippen LogP contribution in [0.2, 0.25) is 0 Å². The molecule has 0 radical (unpaired) electrons. The molecule has 43 heavy (non-hydrogen) atoms. The van der Waals surface area contributed by atoms with Crippen molar-refractivity contribution in [2.24, 2.45) is 13.0 Å². The highest BCUT2D eigenvalue weighted by Gasteiger charge is 2.32. The van der Waals surface area contributed by atoms with Gasteiger partial charge in [0.05, 0.1) is 31.0 Å². The van der Waals surface area contributed by atoms with Crippen molar-refractivity contribution in [2.75, 3.05) is 31.5 Å². The lowest BCUT2D eigenvalue weighted by Gasteiger charge is -2.34. The van der Waals surface area contributed by atoms with Gasteiger partial charge in [0, 0.05) is 50.0 Å². The van der Waals surface area contributed by atoms with Crippen molar-refractivity contribution in [3.63, 3.8) is 0 Å². The molecule has 2 N–H and O–H groups in total. The Hall–Kier alpha value is -3.62. The lowest BCUT2D eigenvalue weighted by atomic mass is 10.0. The number of hydrogen-bond acceptors (Lipinski definition) is 7. The fourth-order valence-corrected chi connectivity index (χ4v) is 5.96. The van der Waals surface area contributed by atoms with Crippen LogP contribution in [0.5, 0.6) is 5.75 Å². The number of imidazole rings is 1. The third kappa shape index (κ3) is 8.06. The third-order valence-corrected chi connectivity index (χ3v) is 8.62. The molecule has 0 saturated heterocycles. The van der Waals surface area contributed by atoms with E-state index in [1.807, 2.05) is 18.9 Å². The smallest absolute Gasteiger partial charge is 0.416 e. The van der Waals surface area contributed by atoms with Gasteiger partial charge < -0.3 is 19.3 Å². The van der Waals surface area contributed by atoms with E-state index in [9.17, 15) is 31.5 Å². The molecule has 1 aromatic heterocycles. The summed E-state index contributed by atoms with van der Waals surface area (Å²) in [6, 6.07) is 9.23. The minimum absolute atomic E-state index is 0.0837. The minimum Gasteiger partial charge on any atom is -0.488 e. The number of aromatic nitrogens is 2. The quantitative estimate of drug-likeness (QED) is 0.375. The number of halogens is 3. The van der Waals surface area contributed by atoms with Crippen LogP contribution in [-0.4, -0.2) is 77.7 Å². The van der Waals surface area contributed by atoms with Gasteiger partial charge in [-0.3, -0.25) is 14.4 Å². The van der Waals surface area contributed by atoms with Crippen molar-refractivity contribution < 1.29 is 36.2 Å². The molecule has 0 bridgehead atoms. The zero-order chi connectivity index (χ0) is 31.5. The van der Waals surface area contributed by atoms with Crippen molar-refractivity contribution >= 4 is 21.6 Å². The number of amides is 1. The molecule has 0 fully saturated rings. The molecule has 4 rings (SSSR count). The topological polar surface area (TPSA) is 117 Å². The van der Waals surface area contributed by atoms with Crippen LogP contribution in [0.3, 0.4) is 0 Å². The van der Waals surface area contributed by atoms with Gasteiger partial charge in [-0.25, -0.2) is 4.98 Å². The van der Waals surface area contributed by atoms with E-state index in [1.54, 1.807) is 37.1 Å². The Morgan fingerprint density at radius 1 is 1.21 bits per heavy atom. The molecule has 14 heteroatoms. The molecule has 3 atom stereocenters. The first-order chi connectivity index (χ1) is 20.2. The summed E-state index contributed by atoms with van der Waals surface area (Å²) in [6.07, 6.45) is -2.20. The van der Waals surface area contributed by atoms with Gasteiger partial charge >= 0.3 is 6.18 Å². The van der Waals surface area contributed by atoms with Crippen LogP contribution < -0.4 is 9.46 Å². The number of nitrogens with one attached hydrogen (secondary N) is 1. The molecular weight excluding hydrogens is 587 g/mol. The van der Waals surface area contributed by atoms with E-state index in [4.69, 9.17) is 4.74 Å². The Kier molecular flexibility index (Phi) is 9.72. The summed E-state index contributed by atoms with van der Waals surface area (Å²) >= 11 is 0. The summed E-state index contributed by atoms with van der Waals surface area (Å²) in [4.78, 5) is 20.9. The fraction of sp³-hybridized carbons (Fsp3) is 0.448. The van der Waals surface area contributed by atoms with Crippen molar-refractivity contribution in [3.05, 3.63) is 71.7 Å². The molecule has 0 aliphatic carbocycles. The van der Waals surface area contributed by atoms with Gasteiger partial charge in [-0.1, -0.05) is 19.1 Å². The first-order valence-corrected chi connectivity index (χ1v) is 15.2. The number of carbonyl (C=O) groups is 1. The molecule has 0 spiro atoms. The average molecular weight is 624 g/mol. The van der Waals surface area contributed by atoms with Gasteiger partial charge in [0.1, 0.15) is 11.9 Å². The molecule has 1 amide bonds. The summed E-state index contributed by atoms with van der Waals surface area (Å²) in [5.74, 6) is -0.0320. The first-order valence-electron chi connectivity index (χ1n) is 13.7. The Morgan fingerprint density at radius 3 is 2.51 bits per heavy atom.